The van der Waals surface area contributed by atoms with Crippen LogP contribution in [-0.2, 0) is 7.05 Å². The number of aromatic nitrogens is 3. The fourth-order valence-electron chi connectivity index (χ4n) is 3.96. The normalized spacial score (nSPS) is 20.4. The van der Waals surface area contributed by atoms with Crippen molar-refractivity contribution in [1.82, 2.24) is 19.7 Å². The Morgan fingerprint density at radius 2 is 2.00 bits per heavy atom. The third kappa shape index (κ3) is 2.60. The Hall–Kier alpha value is -2.69. The molecule has 1 aliphatic heterocycles. The van der Waals surface area contributed by atoms with Gasteiger partial charge in [-0.25, -0.2) is 4.98 Å². The molecule has 1 aliphatic rings. The van der Waals surface area contributed by atoms with Crippen LogP contribution in [-0.4, -0.2) is 38.2 Å². The number of hydrogen-bond donors (Lipinski definition) is 0. The molecule has 128 valence electrons. The summed E-state index contributed by atoms with van der Waals surface area (Å²) in [6, 6.07) is 12.6. The Morgan fingerprint density at radius 3 is 2.76 bits per heavy atom. The van der Waals surface area contributed by atoms with Crippen molar-refractivity contribution in [3.8, 4) is 0 Å². The highest BCUT2D eigenvalue weighted by molar-refractivity contribution is 5.97. The van der Waals surface area contributed by atoms with Gasteiger partial charge in [-0.3, -0.25) is 9.48 Å². The summed E-state index contributed by atoms with van der Waals surface area (Å²) >= 11 is 0. The smallest absolute Gasteiger partial charge is 0.255 e. The number of carbonyl (C=O) groups excluding carboxylic acids is 1. The lowest BCUT2D eigenvalue weighted by Crippen LogP contribution is -2.35. The Kier molecular flexibility index (Phi) is 3.79. The van der Waals surface area contributed by atoms with Crippen molar-refractivity contribution in [2.75, 3.05) is 6.54 Å². The van der Waals surface area contributed by atoms with Gasteiger partial charge in [0.05, 0.1) is 11.3 Å². The summed E-state index contributed by atoms with van der Waals surface area (Å²) in [5.41, 5.74) is 3.66. The highest BCUT2D eigenvalue weighted by atomic mass is 16.2. The number of carbonyl (C=O) groups is 1. The molecule has 0 aliphatic carbocycles. The molecule has 2 atom stereocenters. The van der Waals surface area contributed by atoms with Gasteiger partial charge in [-0.2, -0.15) is 5.10 Å². The first kappa shape index (κ1) is 15.8. The summed E-state index contributed by atoms with van der Waals surface area (Å²) < 4.78 is 1.75. The first-order valence-electron chi connectivity index (χ1n) is 8.71. The maximum atomic E-state index is 13.1. The minimum absolute atomic E-state index is 0.0589. The molecule has 0 spiro atoms. The van der Waals surface area contributed by atoms with Gasteiger partial charge in [0.1, 0.15) is 0 Å². The van der Waals surface area contributed by atoms with E-state index in [0.29, 0.717) is 11.5 Å². The molecule has 0 unspecified atom stereocenters. The van der Waals surface area contributed by atoms with Gasteiger partial charge in [-0.15, -0.1) is 0 Å². The average molecular weight is 334 g/mol. The molecule has 5 nitrogen and oxygen atoms in total. The van der Waals surface area contributed by atoms with E-state index in [1.165, 1.54) is 5.56 Å². The van der Waals surface area contributed by atoms with Gasteiger partial charge in [0, 0.05) is 37.1 Å². The van der Waals surface area contributed by atoms with E-state index in [0.717, 1.165) is 29.7 Å². The summed E-state index contributed by atoms with van der Waals surface area (Å²) in [4.78, 5) is 19.5. The highest BCUT2D eigenvalue weighted by Gasteiger charge is 2.35. The van der Waals surface area contributed by atoms with Crippen LogP contribution in [0.2, 0.25) is 0 Å². The van der Waals surface area contributed by atoms with Crippen LogP contribution in [0.4, 0.5) is 0 Å². The maximum absolute atomic E-state index is 13.1. The van der Waals surface area contributed by atoms with E-state index in [1.807, 2.05) is 31.0 Å². The number of nitrogens with zero attached hydrogens (tertiary/aromatic N) is 4. The van der Waals surface area contributed by atoms with Crippen molar-refractivity contribution in [2.24, 2.45) is 7.05 Å². The summed E-state index contributed by atoms with van der Waals surface area (Å²) in [6.45, 7) is 4.87. The number of fused-ring (bicyclic) bond motifs is 1. The first-order valence-corrected chi connectivity index (χ1v) is 8.71. The molecular weight excluding hydrogens is 312 g/mol. The monoisotopic (exact) mass is 334 g/mol. The van der Waals surface area contributed by atoms with E-state index in [2.05, 4.69) is 41.3 Å². The summed E-state index contributed by atoms with van der Waals surface area (Å²) in [5, 5.41) is 5.33. The van der Waals surface area contributed by atoms with Crippen LogP contribution in [0, 0.1) is 6.92 Å². The van der Waals surface area contributed by atoms with Crippen LogP contribution in [0.3, 0.4) is 0 Å². The quantitative estimate of drug-likeness (QED) is 0.722. The van der Waals surface area contributed by atoms with Crippen LogP contribution in [0.25, 0.3) is 11.0 Å². The van der Waals surface area contributed by atoms with Crippen molar-refractivity contribution in [1.29, 1.82) is 0 Å². The van der Waals surface area contributed by atoms with E-state index in [-0.39, 0.29) is 11.9 Å². The van der Waals surface area contributed by atoms with Crippen molar-refractivity contribution >= 4 is 16.9 Å². The molecule has 4 rings (SSSR count). The zero-order valence-corrected chi connectivity index (χ0v) is 14.8. The summed E-state index contributed by atoms with van der Waals surface area (Å²) in [7, 11) is 1.87. The molecule has 3 heterocycles. The van der Waals surface area contributed by atoms with Gasteiger partial charge >= 0.3 is 0 Å². The number of amides is 1. The first-order chi connectivity index (χ1) is 12.1. The van der Waals surface area contributed by atoms with E-state index in [4.69, 9.17) is 0 Å². The standard InChI is InChI=1S/C20H22N4O/c1-13-18-11-16(12-21-19(18)23(3)22-13)20(25)24-10-9-17(14(24)2)15-7-5-4-6-8-15/h4-8,11-12,14,17H,9-10H2,1-3H3/t14-,17-/m0/s1. The zero-order valence-electron chi connectivity index (χ0n) is 14.8. The molecule has 3 aromatic rings. The second-order valence-electron chi connectivity index (χ2n) is 6.85. The van der Waals surface area contributed by atoms with Gasteiger partial charge in [0.15, 0.2) is 5.65 Å². The molecule has 2 aromatic heterocycles. The molecule has 0 radical (unpaired) electrons. The third-order valence-corrected chi connectivity index (χ3v) is 5.35. The van der Waals surface area contributed by atoms with Crippen molar-refractivity contribution in [2.45, 2.75) is 32.2 Å². The van der Waals surface area contributed by atoms with Gasteiger partial charge in [-0.05, 0) is 31.9 Å². The summed E-state index contributed by atoms with van der Waals surface area (Å²) in [6.07, 6.45) is 2.67. The Labute approximate surface area is 147 Å². The SMILES string of the molecule is Cc1nn(C)c2ncc(C(=O)N3CC[C@H](c4ccccc4)[C@@H]3C)cc12. The van der Waals surface area contributed by atoms with E-state index < -0.39 is 0 Å². The molecule has 0 bridgehead atoms. The van der Waals surface area contributed by atoms with Gasteiger partial charge in [-0.1, -0.05) is 30.3 Å². The molecule has 1 saturated heterocycles. The van der Waals surface area contributed by atoms with Crippen LogP contribution >= 0.6 is 0 Å². The van der Waals surface area contributed by atoms with Crippen LogP contribution in [0.15, 0.2) is 42.6 Å². The predicted octanol–water partition coefficient (Wildman–Crippen LogP) is 3.29. The summed E-state index contributed by atoms with van der Waals surface area (Å²) in [5.74, 6) is 0.450. The number of hydrogen-bond acceptors (Lipinski definition) is 3. The lowest BCUT2D eigenvalue weighted by molar-refractivity contribution is 0.0742. The lowest BCUT2D eigenvalue weighted by atomic mass is 9.93. The average Bonchev–Trinajstić information content (AvgIpc) is 3.15. The highest BCUT2D eigenvalue weighted by Crippen LogP contribution is 2.34. The van der Waals surface area contributed by atoms with E-state index >= 15 is 0 Å². The third-order valence-electron chi connectivity index (χ3n) is 5.35. The van der Waals surface area contributed by atoms with Crippen molar-refractivity contribution in [3.05, 3.63) is 59.4 Å². The fourth-order valence-corrected chi connectivity index (χ4v) is 3.96. The minimum Gasteiger partial charge on any atom is -0.335 e. The molecule has 5 heteroatoms. The molecule has 0 saturated carbocycles. The van der Waals surface area contributed by atoms with Crippen LogP contribution in [0.1, 0.15) is 40.9 Å². The minimum atomic E-state index is 0.0589. The number of aryl methyl sites for hydroxylation is 2. The molecule has 1 amide bonds. The molecule has 1 fully saturated rings. The largest absolute Gasteiger partial charge is 0.335 e. The molecular formula is C20H22N4O. The Balaban J connectivity index is 1.62. The van der Waals surface area contributed by atoms with Crippen LogP contribution < -0.4 is 0 Å². The number of benzene rings is 1. The molecule has 0 N–H and O–H groups in total. The van der Waals surface area contributed by atoms with Gasteiger partial charge in [0.2, 0.25) is 0 Å². The predicted molar refractivity (Wildman–Crippen MR) is 97.5 cm³/mol. The molecule has 25 heavy (non-hydrogen) atoms. The van der Waals surface area contributed by atoms with Gasteiger partial charge < -0.3 is 4.90 Å². The number of likely N-dealkylation sites (tertiary alicyclic amines) is 1. The van der Waals surface area contributed by atoms with Crippen molar-refractivity contribution in [3.63, 3.8) is 0 Å². The van der Waals surface area contributed by atoms with Crippen LogP contribution in [0.5, 0.6) is 0 Å². The maximum Gasteiger partial charge on any atom is 0.255 e. The number of rotatable bonds is 2. The Bertz CT molecular complexity index is 932. The fraction of sp³-hybridized carbons (Fsp3) is 0.350. The lowest BCUT2D eigenvalue weighted by Gasteiger charge is -2.25. The second kappa shape index (κ2) is 5.99. The Morgan fingerprint density at radius 1 is 1.24 bits per heavy atom. The van der Waals surface area contributed by atoms with Gasteiger partial charge in [0.25, 0.3) is 5.91 Å². The molecule has 1 aromatic carbocycles. The van der Waals surface area contributed by atoms with E-state index in [9.17, 15) is 4.79 Å². The second-order valence-corrected chi connectivity index (χ2v) is 6.85. The van der Waals surface area contributed by atoms with E-state index in [1.54, 1.807) is 10.9 Å². The number of pyridine rings is 1. The zero-order chi connectivity index (χ0) is 17.6. The van der Waals surface area contributed by atoms with Crippen molar-refractivity contribution < 1.29 is 4.79 Å². The topological polar surface area (TPSA) is 51.0 Å².